The number of rotatable bonds is 7. The first kappa shape index (κ1) is 14.7. The Morgan fingerprint density at radius 3 is 2.47 bits per heavy atom. The molecule has 0 aromatic carbocycles. The van der Waals surface area contributed by atoms with Crippen molar-refractivity contribution in [3.63, 3.8) is 0 Å². The van der Waals surface area contributed by atoms with Crippen molar-refractivity contribution in [2.24, 2.45) is 11.8 Å². The second-order valence-corrected chi connectivity index (χ2v) is 5.57. The van der Waals surface area contributed by atoms with Crippen LogP contribution in [0.2, 0.25) is 0 Å². The molecule has 1 fully saturated rings. The molecule has 6 atom stereocenters. The molecule has 1 N–H and O–H groups in total. The van der Waals surface area contributed by atoms with E-state index in [9.17, 15) is 5.11 Å². The quantitative estimate of drug-likeness (QED) is 0.550. The van der Waals surface area contributed by atoms with E-state index in [1.54, 1.807) is 14.0 Å². The highest BCUT2D eigenvalue weighted by Gasteiger charge is 2.56. The first-order valence-electron chi connectivity index (χ1n) is 6.37. The molecule has 1 aliphatic rings. The van der Waals surface area contributed by atoms with Crippen LogP contribution in [0.1, 0.15) is 34.1 Å². The number of aliphatic hydroxyl groups excluding tert-OH is 1. The van der Waals surface area contributed by atoms with Gasteiger partial charge in [-0.3, -0.25) is 0 Å². The molecule has 1 heterocycles. The molecule has 1 saturated heterocycles. The molecule has 0 spiro atoms. The summed E-state index contributed by atoms with van der Waals surface area (Å²) in [7, 11) is 1.64. The number of hydrogen-bond donors (Lipinski definition) is 1. The highest BCUT2D eigenvalue weighted by atomic mass is 16.6. The third-order valence-corrected chi connectivity index (χ3v) is 3.81. The molecule has 0 amide bonds. The molecule has 0 radical (unpaired) electrons. The van der Waals surface area contributed by atoms with Gasteiger partial charge in [0, 0.05) is 13.0 Å². The maximum atomic E-state index is 9.66. The lowest BCUT2D eigenvalue weighted by Gasteiger charge is -2.25. The first-order valence-corrected chi connectivity index (χ1v) is 6.37. The van der Waals surface area contributed by atoms with Crippen molar-refractivity contribution in [3.8, 4) is 0 Å². The Morgan fingerprint density at radius 1 is 1.47 bits per heavy atom. The van der Waals surface area contributed by atoms with Crippen molar-refractivity contribution >= 4 is 0 Å². The molecule has 17 heavy (non-hydrogen) atoms. The van der Waals surface area contributed by atoms with Crippen molar-refractivity contribution in [2.75, 3.05) is 7.11 Å². The first-order chi connectivity index (χ1) is 7.85. The fraction of sp³-hybridized carbons (Fsp3) is 0.857. The van der Waals surface area contributed by atoms with E-state index in [0.717, 1.165) is 6.42 Å². The van der Waals surface area contributed by atoms with Gasteiger partial charge in [-0.1, -0.05) is 19.9 Å². The van der Waals surface area contributed by atoms with Crippen LogP contribution in [0.5, 0.6) is 0 Å². The summed E-state index contributed by atoms with van der Waals surface area (Å²) in [6.45, 7) is 11.9. The fourth-order valence-corrected chi connectivity index (χ4v) is 2.83. The van der Waals surface area contributed by atoms with E-state index in [-0.39, 0.29) is 23.7 Å². The summed E-state index contributed by atoms with van der Waals surface area (Å²) < 4.78 is 11.2. The molecule has 0 aliphatic carbocycles. The number of allylic oxidation sites excluding steroid dienone is 1. The zero-order valence-electron chi connectivity index (χ0n) is 11.6. The SMILES string of the molecule is C=C[C@@H](C)C[C@]1(C)O[C@@H]1[C@H](C)[C@@H](OC)C(C)O. The van der Waals surface area contributed by atoms with Crippen LogP contribution in [0.25, 0.3) is 0 Å². The topological polar surface area (TPSA) is 42.0 Å². The minimum atomic E-state index is -0.472. The van der Waals surface area contributed by atoms with Gasteiger partial charge in [0.1, 0.15) is 0 Å². The molecule has 0 aromatic rings. The van der Waals surface area contributed by atoms with E-state index in [0.29, 0.717) is 5.92 Å². The molecule has 1 rings (SSSR count). The van der Waals surface area contributed by atoms with Gasteiger partial charge in [0.15, 0.2) is 0 Å². The van der Waals surface area contributed by atoms with Gasteiger partial charge in [0.2, 0.25) is 0 Å². The van der Waals surface area contributed by atoms with E-state index in [1.807, 2.05) is 6.08 Å². The molecule has 1 unspecified atom stereocenters. The minimum Gasteiger partial charge on any atom is -0.391 e. The Bertz CT molecular complexity index is 264. The normalized spacial score (nSPS) is 34.8. The van der Waals surface area contributed by atoms with Crippen molar-refractivity contribution in [1.82, 2.24) is 0 Å². The molecular formula is C14H26O3. The van der Waals surface area contributed by atoms with Crippen LogP contribution in [0.3, 0.4) is 0 Å². The molecule has 1 aliphatic heterocycles. The summed E-state index contributed by atoms with van der Waals surface area (Å²) in [5.74, 6) is 0.645. The van der Waals surface area contributed by atoms with E-state index in [4.69, 9.17) is 9.47 Å². The lowest BCUT2D eigenvalue weighted by Crippen LogP contribution is -2.36. The number of methoxy groups -OCH3 is 1. The monoisotopic (exact) mass is 242 g/mol. The lowest BCUT2D eigenvalue weighted by atomic mass is 9.86. The Hall–Kier alpha value is -0.380. The summed E-state index contributed by atoms with van der Waals surface area (Å²) in [5.41, 5.74) is -0.0846. The number of ether oxygens (including phenoxy) is 2. The fourth-order valence-electron chi connectivity index (χ4n) is 2.83. The lowest BCUT2D eigenvalue weighted by molar-refractivity contribution is -0.0391. The van der Waals surface area contributed by atoms with Gasteiger partial charge in [0.05, 0.1) is 23.9 Å². The number of hydrogen-bond acceptors (Lipinski definition) is 3. The average molecular weight is 242 g/mol. The van der Waals surface area contributed by atoms with E-state index in [2.05, 4.69) is 27.4 Å². The maximum Gasteiger partial charge on any atom is 0.0929 e. The highest BCUT2D eigenvalue weighted by Crippen LogP contribution is 2.47. The van der Waals surface area contributed by atoms with E-state index >= 15 is 0 Å². The third-order valence-electron chi connectivity index (χ3n) is 3.81. The van der Waals surface area contributed by atoms with Gasteiger partial charge in [-0.2, -0.15) is 0 Å². The van der Waals surface area contributed by atoms with Crippen LogP contribution in [-0.2, 0) is 9.47 Å². The maximum absolute atomic E-state index is 9.66. The summed E-state index contributed by atoms with van der Waals surface area (Å²) in [6.07, 6.45) is 2.46. The van der Waals surface area contributed by atoms with Crippen LogP contribution >= 0.6 is 0 Å². The zero-order chi connectivity index (χ0) is 13.2. The van der Waals surface area contributed by atoms with E-state index in [1.165, 1.54) is 0 Å². The van der Waals surface area contributed by atoms with Crippen molar-refractivity contribution in [2.45, 2.75) is 58.0 Å². The molecule has 3 heteroatoms. The smallest absolute Gasteiger partial charge is 0.0929 e. The van der Waals surface area contributed by atoms with Crippen LogP contribution in [-0.4, -0.2) is 36.1 Å². The summed E-state index contributed by atoms with van der Waals surface area (Å²) in [6, 6.07) is 0. The molecule has 0 aromatic heterocycles. The van der Waals surface area contributed by atoms with Gasteiger partial charge in [-0.25, -0.2) is 0 Å². The number of aliphatic hydroxyl groups is 1. The van der Waals surface area contributed by atoms with Crippen molar-refractivity contribution in [1.29, 1.82) is 0 Å². The molecule has 100 valence electrons. The Balaban J connectivity index is 2.56. The predicted octanol–water partition coefficient (Wildman–Crippen LogP) is 2.39. The zero-order valence-corrected chi connectivity index (χ0v) is 11.6. The Labute approximate surface area is 105 Å². The van der Waals surface area contributed by atoms with Gasteiger partial charge in [-0.15, -0.1) is 6.58 Å². The van der Waals surface area contributed by atoms with E-state index < -0.39 is 6.10 Å². The third kappa shape index (κ3) is 3.30. The van der Waals surface area contributed by atoms with Crippen LogP contribution < -0.4 is 0 Å². The highest BCUT2D eigenvalue weighted by molar-refractivity contribution is 5.05. The van der Waals surface area contributed by atoms with Crippen LogP contribution in [0.15, 0.2) is 12.7 Å². The van der Waals surface area contributed by atoms with Gasteiger partial charge in [0.25, 0.3) is 0 Å². The largest absolute Gasteiger partial charge is 0.391 e. The summed E-state index contributed by atoms with van der Waals surface area (Å²) >= 11 is 0. The average Bonchev–Trinajstić information content (AvgIpc) is 2.90. The standard InChI is InChI=1S/C14H26O3/c1-7-9(2)8-14(5)13(17-14)10(3)12(16-6)11(4)15/h7,9-13,15H,1,8H2,2-6H3/t9-,10-,11?,12-,13-,14+/m1/s1. The second-order valence-electron chi connectivity index (χ2n) is 5.57. The molecule has 0 bridgehead atoms. The molecule has 0 saturated carbocycles. The number of epoxide rings is 1. The van der Waals surface area contributed by atoms with Crippen LogP contribution in [0, 0.1) is 11.8 Å². The van der Waals surface area contributed by atoms with Gasteiger partial charge < -0.3 is 14.6 Å². The second kappa shape index (κ2) is 5.51. The van der Waals surface area contributed by atoms with Gasteiger partial charge >= 0.3 is 0 Å². The van der Waals surface area contributed by atoms with Gasteiger partial charge in [-0.05, 0) is 26.2 Å². The predicted molar refractivity (Wildman–Crippen MR) is 68.9 cm³/mol. The summed E-state index contributed by atoms with van der Waals surface area (Å²) in [5, 5.41) is 9.66. The molecule has 3 nitrogen and oxygen atoms in total. The summed E-state index contributed by atoms with van der Waals surface area (Å²) in [4.78, 5) is 0. The minimum absolute atomic E-state index is 0.0846. The molecular weight excluding hydrogens is 216 g/mol. The van der Waals surface area contributed by atoms with Crippen molar-refractivity contribution < 1.29 is 14.6 Å². The van der Waals surface area contributed by atoms with Crippen LogP contribution in [0.4, 0.5) is 0 Å². The Kier molecular flexibility index (Phi) is 4.76. The van der Waals surface area contributed by atoms with Crippen molar-refractivity contribution in [3.05, 3.63) is 12.7 Å². The Morgan fingerprint density at radius 2 is 2.06 bits per heavy atom.